The van der Waals surface area contributed by atoms with E-state index in [4.69, 9.17) is 0 Å². The number of amides is 1. The fourth-order valence-electron chi connectivity index (χ4n) is 2.91. The van der Waals surface area contributed by atoms with E-state index in [0.29, 0.717) is 11.5 Å². The number of aryl methyl sites for hydroxylation is 1. The third kappa shape index (κ3) is 3.89. The number of nitrogens with zero attached hydrogens (tertiary/aromatic N) is 2. The molecule has 138 valence electrons. The maximum atomic E-state index is 13.1. The molecule has 0 spiro atoms. The van der Waals surface area contributed by atoms with Gasteiger partial charge < -0.3 is 0 Å². The summed E-state index contributed by atoms with van der Waals surface area (Å²) in [5.41, 5.74) is 7.33. The number of para-hydroxylation sites is 1. The molecule has 28 heavy (non-hydrogen) atoms. The Bertz CT molecular complexity index is 1070. The standard InChI is InChI=1S/C23H18BrN3O/c1-16-10-12-18(13-11-16)22-25-21(15-17-6-5-7-19(24)14-17)23(28)27(22)26-20-8-3-2-4-9-20/h2-15,26H,1H3/b21-15-. The summed E-state index contributed by atoms with van der Waals surface area (Å²) >= 11 is 3.47. The van der Waals surface area contributed by atoms with Crippen LogP contribution >= 0.6 is 15.9 Å². The molecule has 4 nitrogen and oxygen atoms in total. The van der Waals surface area contributed by atoms with Crippen LogP contribution in [0.4, 0.5) is 5.69 Å². The van der Waals surface area contributed by atoms with Gasteiger partial charge in [0.1, 0.15) is 5.70 Å². The number of carbonyl (C=O) groups excluding carboxylic acids is 1. The fourth-order valence-corrected chi connectivity index (χ4v) is 3.33. The van der Waals surface area contributed by atoms with Crippen molar-refractivity contribution >= 4 is 39.4 Å². The zero-order chi connectivity index (χ0) is 19.5. The monoisotopic (exact) mass is 431 g/mol. The largest absolute Gasteiger partial charge is 0.297 e. The topological polar surface area (TPSA) is 44.7 Å². The molecular formula is C23H18BrN3O. The minimum atomic E-state index is -0.195. The van der Waals surface area contributed by atoms with Crippen molar-refractivity contribution in [2.45, 2.75) is 6.92 Å². The van der Waals surface area contributed by atoms with E-state index in [1.54, 1.807) is 6.08 Å². The van der Waals surface area contributed by atoms with Gasteiger partial charge in [-0.15, -0.1) is 0 Å². The van der Waals surface area contributed by atoms with E-state index >= 15 is 0 Å². The van der Waals surface area contributed by atoms with Crippen LogP contribution in [0.1, 0.15) is 16.7 Å². The maximum Gasteiger partial charge on any atom is 0.297 e. The molecule has 0 atom stereocenters. The molecule has 0 bridgehead atoms. The zero-order valence-electron chi connectivity index (χ0n) is 15.3. The smallest absolute Gasteiger partial charge is 0.290 e. The van der Waals surface area contributed by atoms with Gasteiger partial charge in [0, 0.05) is 10.0 Å². The second-order valence-electron chi connectivity index (χ2n) is 6.50. The van der Waals surface area contributed by atoms with Crippen LogP contribution in [-0.2, 0) is 4.79 Å². The van der Waals surface area contributed by atoms with E-state index in [1.165, 1.54) is 5.01 Å². The molecule has 1 amide bonds. The van der Waals surface area contributed by atoms with Gasteiger partial charge in [0.25, 0.3) is 5.91 Å². The number of aliphatic imine (C=N–C) groups is 1. The van der Waals surface area contributed by atoms with Crippen LogP contribution in [0.15, 0.2) is 94.0 Å². The minimum Gasteiger partial charge on any atom is -0.290 e. The van der Waals surface area contributed by atoms with Gasteiger partial charge in [-0.3, -0.25) is 10.2 Å². The molecule has 3 aromatic rings. The van der Waals surface area contributed by atoms with Gasteiger partial charge in [-0.1, -0.05) is 76.1 Å². The van der Waals surface area contributed by atoms with E-state index in [1.807, 2.05) is 85.8 Å². The average Bonchev–Trinajstić information content (AvgIpc) is 2.99. The second kappa shape index (κ2) is 7.82. The van der Waals surface area contributed by atoms with Gasteiger partial charge in [0.2, 0.25) is 0 Å². The number of carbonyl (C=O) groups is 1. The molecule has 0 saturated heterocycles. The predicted octanol–water partition coefficient (Wildman–Crippen LogP) is 5.41. The Hall–Kier alpha value is -3.18. The van der Waals surface area contributed by atoms with E-state index < -0.39 is 0 Å². The summed E-state index contributed by atoms with van der Waals surface area (Å²) in [6, 6.07) is 25.4. The Morgan fingerprint density at radius 2 is 1.71 bits per heavy atom. The van der Waals surface area contributed by atoms with Crippen molar-refractivity contribution < 1.29 is 4.79 Å². The molecule has 1 aliphatic heterocycles. The van der Waals surface area contributed by atoms with E-state index in [9.17, 15) is 4.79 Å². The van der Waals surface area contributed by atoms with Crippen molar-refractivity contribution in [1.82, 2.24) is 5.01 Å². The van der Waals surface area contributed by atoms with Crippen molar-refractivity contribution in [3.63, 3.8) is 0 Å². The van der Waals surface area contributed by atoms with Crippen LogP contribution in [0.25, 0.3) is 6.08 Å². The number of hydrogen-bond acceptors (Lipinski definition) is 3. The zero-order valence-corrected chi connectivity index (χ0v) is 16.8. The quantitative estimate of drug-likeness (QED) is 0.560. The Morgan fingerprint density at radius 1 is 0.964 bits per heavy atom. The van der Waals surface area contributed by atoms with Crippen LogP contribution in [0.2, 0.25) is 0 Å². The van der Waals surface area contributed by atoms with Crippen molar-refractivity contribution in [2.24, 2.45) is 4.99 Å². The first-order valence-electron chi connectivity index (χ1n) is 8.89. The molecule has 0 unspecified atom stereocenters. The van der Waals surface area contributed by atoms with Crippen molar-refractivity contribution in [3.8, 4) is 0 Å². The van der Waals surface area contributed by atoms with E-state index in [2.05, 4.69) is 26.3 Å². The molecule has 0 radical (unpaired) electrons. The number of amidine groups is 1. The normalized spacial score (nSPS) is 15.1. The van der Waals surface area contributed by atoms with Crippen LogP contribution < -0.4 is 5.43 Å². The van der Waals surface area contributed by atoms with Gasteiger partial charge >= 0.3 is 0 Å². The van der Waals surface area contributed by atoms with E-state index in [0.717, 1.165) is 26.9 Å². The molecule has 1 N–H and O–H groups in total. The molecule has 0 fully saturated rings. The van der Waals surface area contributed by atoms with E-state index in [-0.39, 0.29) is 5.91 Å². The summed E-state index contributed by atoms with van der Waals surface area (Å²) in [4.78, 5) is 17.8. The maximum absolute atomic E-state index is 13.1. The number of halogens is 1. The molecule has 3 aromatic carbocycles. The Kier molecular flexibility index (Phi) is 5.08. The fraction of sp³-hybridized carbons (Fsp3) is 0.0435. The molecule has 4 rings (SSSR count). The first kappa shape index (κ1) is 18.2. The summed E-state index contributed by atoms with van der Waals surface area (Å²) in [7, 11) is 0. The van der Waals surface area contributed by atoms with Gasteiger partial charge in [-0.2, -0.15) is 5.01 Å². The third-order valence-electron chi connectivity index (χ3n) is 4.34. The average molecular weight is 432 g/mol. The van der Waals surface area contributed by atoms with Crippen molar-refractivity contribution in [2.75, 3.05) is 5.43 Å². The van der Waals surface area contributed by atoms with Gasteiger partial charge in [0.05, 0.1) is 5.69 Å². The number of hydrazine groups is 1. The molecule has 0 aliphatic carbocycles. The Morgan fingerprint density at radius 3 is 2.43 bits per heavy atom. The van der Waals surface area contributed by atoms with Gasteiger partial charge in [0.15, 0.2) is 5.84 Å². The lowest BCUT2D eigenvalue weighted by Crippen LogP contribution is -2.37. The number of hydrogen-bond donors (Lipinski definition) is 1. The Balaban J connectivity index is 1.74. The lowest BCUT2D eigenvalue weighted by atomic mass is 10.1. The predicted molar refractivity (Wildman–Crippen MR) is 117 cm³/mol. The van der Waals surface area contributed by atoms with Crippen LogP contribution in [-0.4, -0.2) is 16.8 Å². The third-order valence-corrected chi connectivity index (χ3v) is 4.83. The number of anilines is 1. The highest BCUT2D eigenvalue weighted by molar-refractivity contribution is 9.10. The SMILES string of the molecule is Cc1ccc(C2=N/C(=C\c3cccc(Br)c3)C(=O)N2Nc2ccccc2)cc1. The lowest BCUT2D eigenvalue weighted by Gasteiger charge is -2.20. The van der Waals surface area contributed by atoms with Crippen LogP contribution in [0.5, 0.6) is 0 Å². The molecule has 0 aromatic heterocycles. The molecule has 5 heteroatoms. The summed E-state index contributed by atoms with van der Waals surface area (Å²) in [6.07, 6.45) is 1.80. The Labute approximate surface area is 172 Å². The highest BCUT2D eigenvalue weighted by Gasteiger charge is 2.31. The van der Waals surface area contributed by atoms with Gasteiger partial charge in [-0.05, 0) is 42.8 Å². The molecule has 1 heterocycles. The molecular weight excluding hydrogens is 414 g/mol. The van der Waals surface area contributed by atoms with Crippen LogP contribution in [0.3, 0.4) is 0 Å². The summed E-state index contributed by atoms with van der Waals surface area (Å²) in [6.45, 7) is 2.03. The van der Waals surface area contributed by atoms with Crippen molar-refractivity contribution in [3.05, 3.63) is 106 Å². The number of nitrogens with one attached hydrogen (secondary N) is 1. The highest BCUT2D eigenvalue weighted by atomic mass is 79.9. The highest BCUT2D eigenvalue weighted by Crippen LogP contribution is 2.24. The minimum absolute atomic E-state index is 0.195. The number of rotatable bonds is 4. The molecule has 1 aliphatic rings. The first-order valence-corrected chi connectivity index (χ1v) is 9.68. The van der Waals surface area contributed by atoms with Gasteiger partial charge in [-0.25, -0.2) is 4.99 Å². The first-order chi connectivity index (χ1) is 13.6. The van der Waals surface area contributed by atoms with Crippen LogP contribution in [0, 0.1) is 6.92 Å². The lowest BCUT2D eigenvalue weighted by molar-refractivity contribution is -0.121. The summed E-state index contributed by atoms with van der Waals surface area (Å²) in [5.74, 6) is 0.384. The molecule has 0 saturated carbocycles. The van der Waals surface area contributed by atoms with Crippen molar-refractivity contribution in [1.29, 1.82) is 0 Å². The number of benzene rings is 3. The summed E-state index contributed by atoms with van der Waals surface area (Å²) in [5, 5.41) is 1.50. The summed E-state index contributed by atoms with van der Waals surface area (Å²) < 4.78 is 0.953. The second-order valence-corrected chi connectivity index (χ2v) is 7.42.